The minimum absolute atomic E-state index is 0.0981. The van der Waals surface area contributed by atoms with Crippen LogP contribution in [0.5, 0.6) is 0 Å². The maximum Gasteiger partial charge on any atom is 0.257 e. The summed E-state index contributed by atoms with van der Waals surface area (Å²) in [6.07, 6.45) is 6.61. The highest BCUT2D eigenvalue weighted by Crippen LogP contribution is 2.21. The van der Waals surface area contributed by atoms with Crippen LogP contribution in [-0.4, -0.2) is 51.8 Å². The number of amides is 1. The van der Waals surface area contributed by atoms with Gasteiger partial charge in [-0.15, -0.1) is 0 Å². The second-order valence-electron chi connectivity index (χ2n) is 6.33. The molecule has 6 nitrogen and oxygen atoms in total. The van der Waals surface area contributed by atoms with Crippen LogP contribution in [0.1, 0.15) is 35.0 Å². The number of rotatable bonds is 4. The molecule has 0 atom stereocenters. The van der Waals surface area contributed by atoms with E-state index in [9.17, 15) is 4.79 Å². The summed E-state index contributed by atoms with van der Waals surface area (Å²) >= 11 is 0. The summed E-state index contributed by atoms with van der Waals surface area (Å²) < 4.78 is 1.87. The molecule has 2 aromatic heterocycles. The van der Waals surface area contributed by atoms with Gasteiger partial charge in [0.2, 0.25) is 0 Å². The first-order valence-corrected chi connectivity index (χ1v) is 8.59. The minimum Gasteiger partial charge on any atom is -0.368 e. The van der Waals surface area contributed by atoms with Crippen molar-refractivity contribution in [3.63, 3.8) is 0 Å². The number of hydrogen-bond acceptors (Lipinski definition) is 4. The van der Waals surface area contributed by atoms with Gasteiger partial charge in [0.1, 0.15) is 0 Å². The van der Waals surface area contributed by atoms with Gasteiger partial charge in [0, 0.05) is 57.0 Å². The molecule has 3 rings (SSSR count). The number of aromatic nitrogens is 3. The van der Waals surface area contributed by atoms with Crippen LogP contribution in [0.2, 0.25) is 0 Å². The minimum atomic E-state index is 0.0981. The predicted octanol–water partition coefficient (Wildman–Crippen LogP) is 2.27. The van der Waals surface area contributed by atoms with Crippen LogP contribution in [0.3, 0.4) is 0 Å². The predicted molar refractivity (Wildman–Crippen MR) is 94.3 cm³/mol. The third-order valence-corrected chi connectivity index (χ3v) is 4.53. The van der Waals surface area contributed by atoms with Crippen molar-refractivity contribution in [1.29, 1.82) is 0 Å². The van der Waals surface area contributed by atoms with Crippen molar-refractivity contribution < 1.29 is 4.79 Å². The Morgan fingerprint density at radius 3 is 2.62 bits per heavy atom. The van der Waals surface area contributed by atoms with Crippen LogP contribution >= 0.6 is 0 Å². The number of carbonyl (C=O) groups is 1. The Labute approximate surface area is 143 Å². The number of aryl methyl sites for hydroxylation is 3. The van der Waals surface area contributed by atoms with Gasteiger partial charge < -0.3 is 9.80 Å². The zero-order valence-corrected chi connectivity index (χ0v) is 14.7. The van der Waals surface area contributed by atoms with Gasteiger partial charge in [-0.2, -0.15) is 5.10 Å². The molecule has 0 unspecified atom stereocenters. The number of pyridine rings is 1. The van der Waals surface area contributed by atoms with E-state index in [0.29, 0.717) is 0 Å². The van der Waals surface area contributed by atoms with E-state index in [4.69, 9.17) is 0 Å². The average Bonchev–Trinajstić information content (AvgIpc) is 2.96. The monoisotopic (exact) mass is 327 g/mol. The van der Waals surface area contributed by atoms with Crippen molar-refractivity contribution in [2.24, 2.45) is 0 Å². The summed E-state index contributed by atoms with van der Waals surface area (Å²) in [6.45, 7) is 10.1. The summed E-state index contributed by atoms with van der Waals surface area (Å²) in [7, 11) is 0. The molecule has 1 fully saturated rings. The fourth-order valence-corrected chi connectivity index (χ4v) is 3.21. The van der Waals surface area contributed by atoms with Gasteiger partial charge >= 0.3 is 0 Å². The first-order chi connectivity index (χ1) is 11.6. The lowest BCUT2D eigenvalue weighted by molar-refractivity contribution is 0.0746. The lowest BCUT2D eigenvalue weighted by Crippen LogP contribution is -2.49. The van der Waals surface area contributed by atoms with Crippen LogP contribution in [0.4, 0.5) is 5.69 Å². The molecule has 24 heavy (non-hydrogen) atoms. The molecule has 0 N–H and O–H groups in total. The van der Waals surface area contributed by atoms with Crippen LogP contribution in [0.15, 0.2) is 24.7 Å². The number of piperazine rings is 1. The second-order valence-corrected chi connectivity index (χ2v) is 6.33. The van der Waals surface area contributed by atoms with Gasteiger partial charge in [0.05, 0.1) is 11.3 Å². The number of anilines is 1. The molecule has 128 valence electrons. The highest BCUT2D eigenvalue weighted by atomic mass is 16.2. The van der Waals surface area contributed by atoms with Crippen molar-refractivity contribution in [2.75, 3.05) is 31.1 Å². The molecular weight excluding hydrogens is 302 g/mol. The Hall–Kier alpha value is -2.37. The van der Waals surface area contributed by atoms with Crippen LogP contribution in [0, 0.1) is 13.8 Å². The van der Waals surface area contributed by atoms with E-state index in [1.54, 1.807) is 0 Å². The molecule has 0 spiro atoms. The molecular formula is C18H25N5O. The summed E-state index contributed by atoms with van der Waals surface area (Å²) in [5, 5.41) is 4.44. The molecule has 3 heterocycles. The van der Waals surface area contributed by atoms with Crippen molar-refractivity contribution in [1.82, 2.24) is 19.7 Å². The van der Waals surface area contributed by atoms with E-state index in [1.165, 1.54) is 11.3 Å². The lowest BCUT2D eigenvalue weighted by Gasteiger charge is -2.36. The van der Waals surface area contributed by atoms with Gasteiger partial charge in [0.15, 0.2) is 0 Å². The second kappa shape index (κ2) is 7.03. The molecule has 0 aliphatic carbocycles. The van der Waals surface area contributed by atoms with Gasteiger partial charge in [-0.3, -0.25) is 14.5 Å². The highest BCUT2D eigenvalue weighted by Gasteiger charge is 2.25. The van der Waals surface area contributed by atoms with Gasteiger partial charge in [-0.05, 0) is 31.9 Å². The number of hydrogen-bond donors (Lipinski definition) is 0. The number of carbonyl (C=O) groups excluding carboxylic acids is 1. The van der Waals surface area contributed by atoms with Crippen LogP contribution < -0.4 is 4.90 Å². The Balaban J connectivity index is 1.66. The summed E-state index contributed by atoms with van der Waals surface area (Å²) in [4.78, 5) is 21.2. The average molecular weight is 327 g/mol. The lowest BCUT2D eigenvalue weighted by atomic mass is 10.2. The Morgan fingerprint density at radius 2 is 1.96 bits per heavy atom. The Morgan fingerprint density at radius 1 is 1.21 bits per heavy atom. The normalized spacial score (nSPS) is 15.0. The zero-order chi connectivity index (χ0) is 17.1. The maximum atomic E-state index is 12.8. The molecule has 1 aliphatic heterocycles. The molecule has 0 aromatic carbocycles. The largest absolute Gasteiger partial charge is 0.368 e. The quantitative estimate of drug-likeness (QED) is 0.864. The number of nitrogens with zero attached hydrogens (tertiary/aromatic N) is 5. The van der Waals surface area contributed by atoms with Crippen molar-refractivity contribution in [2.45, 2.75) is 33.7 Å². The fraction of sp³-hybridized carbons (Fsp3) is 0.500. The van der Waals surface area contributed by atoms with E-state index in [0.717, 1.165) is 50.4 Å². The van der Waals surface area contributed by atoms with Crippen molar-refractivity contribution in [3.05, 3.63) is 41.5 Å². The highest BCUT2D eigenvalue weighted by molar-refractivity contribution is 5.95. The Kier molecular flexibility index (Phi) is 4.83. The third-order valence-electron chi connectivity index (χ3n) is 4.53. The SMILES string of the molecule is CCCn1cc(C(=O)N2CCN(c3ccncc3C)CC2)c(C)n1. The maximum absolute atomic E-state index is 12.8. The van der Waals surface area contributed by atoms with E-state index < -0.39 is 0 Å². The van der Waals surface area contributed by atoms with Crippen molar-refractivity contribution >= 4 is 11.6 Å². The van der Waals surface area contributed by atoms with Crippen molar-refractivity contribution in [3.8, 4) is 0 Å². The first kappa shape index (κ1) is 16.5. The molecule has 1 aliphatic rings. The zero-order valence-electron chi connectivity index (χ0n) is 14.7. The summed E-state index contributed by atoms with van der Waals surface area (Å²) in [5.41, 5.74) is 3.94. The van der Waals surface area contributed by atoms with Gasteiger partial charge in [0.25, 0.3) is 5.91 Å². The molecule has 0 radical (unpaired) electrons. The standard InChI is InChI=1S/C18H25N5O/c1-4-7-23-13-16(15(3)20-23)18(24)22-10-8-21(9-11-22)17-5-6-19-12-14(17)2/h5-6,12-13H,4,7-11H2,1-3H3. The van der Waals surface area contributed by atoms with E-state index in [-0.39, 0.29) is 5.91 Å². The van der Waals surface area contributed by atoms with Gasteiger partial charge in [-0.1, -0.05) is 6.92 Å². The first-order valence-electron chi connectivity index (χ1n) is 8.59. The van der Waals surface area contributed by atoms with E-state index in [2.05, 4.69) is 28.8 Å². The molecule has 1 saturated heterocycles. The summed E-state index contributed by atoms with van der Waals surface area (Å²) in [5.74, 6) is 0.0981. The van der Waals surface area contributed by atoms with Gasteiger partial charge in [-0.25, -0.2) is 0 Å². The van der Waals surface area contributed by atoms with E-state index >= 15 is 0 Å². The molecule has 6 heteroatoms. The van der Waals surface area contributed by atoms with Crippen LogP contribution in [0.25, 0.3) is 0 Å². The summed E-state index contributed by atoms with van der Waals surface area (Å²) in [6, 6.07) is 2.05. The topological polar surface area (TPSA) is 54.3 Å². The third kappa shape index (κ3) is 3.27. The molecule has 0 bridgehead atoms. The smallest absolute Gasteiger partial charge is 0.257 e. The molecule has 1 amide bonds. The fourth-order valence-electron chi connectivity index (χ4n) is 3.21. The Bertz CT molecular complexity index is 716. The molecule has 2 aromatic rings. The molecule has 0 saturated carbocycles. The van der Waals surface area contributed by atoms with E-state index in [1.807, 2.05) is 41.2 Å². The van der Waals surface area contributed by atoms with Crippen LogP contribution in [-0.2, 0) is 6.54 Å².